The normalized spacial score (nSPS) is 13.6. The predicted octanol–water partition coefficient (Wildman–Crippen LogP) is 1.81. The van der Waals surface area contributed by atoms with Crippen LogP contribution in [0.5, 0.6) is 0 Å². The van der Waals surface area contributed by atoms with Gasteiger partial charge in [0.05, 0.1) is 29.4 Å². The van der Waals surface area contributed by atoms with Gasteiger partial charge in [0.2, 0.25) is 9.84 Å². The van der Waals surface area contributed by atoms with Gasteiger partial charge in [0.1, 0.15) is 0 Å². The minimum Gasteiger partial charge on any atom is -0.282 e. The van der Waals surface area contributed by atoms with Crippen LogP contribution in [0.4, 0.5) is 0 Å². The van der Waals surface area contributed by atoms with E-state index in [-0.39, 0.29) is 21.5 Å². The highest BCUT2D eigenvalue weighted by Crippen LogP contribution is 2.37. The molecule has 0 atom stereocenters. The van der Waals surface area contributed by atoms with Crippen molar-refractivity contribution in [3.05, 3.63) is 60.7 Å². The van der Waals surface area contributed by atoms with Crippen LogP contribution in [0.2, 0.25) is 0 Å². The number of rotatable bonds is 6. The lowest BCUT2D eigenvalue weighted by atomic mass is 10.1. The third-order valence-electron chi connectivity index (χ3n) is 5.49. The van der Waals surface area contributed by atoms with Gasteiger partial charge in [-0.2, -0.15) is 33.7 Å². The average Bonchev–Trinajstić information content (AvgIpc) is 2.79. The molecule has 4 aromatic rings. The Balaban J connectivity index is 2.19. The predicted molar refractivity (Wildman–Crippen MR) is 133 cm³/mol. The minimum atomic E-state index is -5.11. The van der Waals surface area contributed by atoms with Gasteiger partial charge < -0.3 is 0 Å². The van der Waals surface area contributed by atoms with Crippen molar-refractivity contribution in [3.63, 3.8) is 0 Å². The second-order valence-electron chi connectivity index (χ2n) is 8.01. The van der Waals surface area contributed by atoms with Gasteiger partial charge in [-0.05, 0) is 59.3 Å². The Labute approximate surface area is 221 Å². The molecule has 4 rings (SSSR count). The molecule has 19 heteroatoms. The summed E-state index contributed by atoms with van der Waals surface area (Å²) >= 11 is 0. The van der Waals surface area contributed by atoms with Crippen molar-refractivity contribution in [2.75, 3.05) is 0 Å². The van der Waals surface area contributed by atoms with E-state index in [1.165, 1.54) is 0 Å². The first-order chi connectivity index (χ1) is 17.6. The van der Waals surface area contributed by atoms with Crippen LogP contribution >= 0.6 is 0 Å². The maximum Gasteiger partial charge on any atom is 0.294 e. The van der Waals surface area contributed by atoms with E-state index in [2.05, 4.69) is 0 Å². The molecule has 0 saturated carbocycles. The first kappa shape index (κ1) is 29.0. The fourth-order valence-electron chi connectivity index (χ4n) is 3.75. The summed E-state index contributed by atoms with van der Waals surface area (Å²) in [6, 6.07) is 7.34. The fourth-order valence-corrected chi connectivity index (χ4v) is 7.77. The first-order valence-electron chi connectivity index (χ1n) is 9.91. The number of hydrogen-bond donors (Lipinski definition) is 4. The Kier molecular flexibility index (Phi) is 6.69. The first-order valence-corrected chi connectivity index (χ1v) is 17.2. The van der Waals surface area contributed by atoms with Crippen molar-refractivity contribution in [2.45, 2.75) is 29.4 Å². The Bertz CT molecular complexity index is 2100. The number of hydrogen-bond acceptors (Lipinski definition) is 10. The molecule has 0 aliphatic rings. The van der Waals surface area contributed by atoms with E-state index in [0.29, 0.717) is 12.1 Å². The van der Waals surface area contributed by atoms with Crippen molar-refractivity contribution in [1.82, 2.24) is 0 Å². The summed E-state index contributed by atoms with van der Waals surface area (Å²) in [5.74, 6) is 0. The highest BCUT2D eigenvalue weighted by molar-refractivity contribution is 7.92. The largest absolute Gasteiger partial charge is 0.294 e. The van der Waals surface area contributed by atoms with Crippen molar-refractivity contribution >= 4 is 71.9 Å². The van der Waals surface area contributed by atoms with Crippen molar-refractivity contribution < 1.29 is 60.3 Å². The zero-order chi connectivity index (χ0) is 29.3. The Morgan fingerprint density at radius 3 is 0.949 bits per heavy atom. The van der Waals surface area contributed by atoms with Gasteiger partial charge in [-0.25, -0.2) is 8.42 Å². The zero-order valence-electron chi connectivity index (χ0n) is 18.7. The minimum absolute atomic E-state index is 0.324. The quantitative estimate of drug-likeness (QED) is 0.220. The highest BCUT2D eigenvalue weighted by Gasteiger charge is 2.29. The molecule has 4 aromatic carbocycles. The smallest absolute Gasteiger partial charge is 0.282 e. The SMILES string of the molecule is O=S(=O)(O)c1ccc2c(S(=O)(=O)c3cc(S(=O)(=O)O)cc4cc(S(=O)(=O)O)ccc34)cc(S(=O)(=O)O)cc2c1. The highest BCUT2D eigenvalue weighted by atomic mass is 32.2. The van der Waals surface area contributed by atoms with Crippen LogP contribution in [0, 0.1) is 0 Å². The molecular weight excluding hydrogens is 625 g/mol. The standard InChI is InChI=1S/C20H14O14S5/c21-35(22,19-9-15(38(29,30)31)7-11-5-13(36(23,24)25)1-3-17(11)19)20-10-16(39(32,33)34)8-12-6-14(37(26,27)28)2-4-18(12)20/h1-10H,(H,23,24,25)(H,26,27,28)(H,29,30,31)(H,32,33,34). The van der Waals surface area contributed by atoms with Crippen LogP contribution in [0.3, 0.4) is 0 Å². The van der Waals surface area contributed by atoms with Gasteiger partial charge >= 0.3 is 0 Å². The van der Waals surface area contributed by atoms with Gasteiger partial charge in [-0.3, -0.25) is 18.2 Å². The van der Waals surface area contributed by atoms with Crippen LogP contribution in [0.1, 0.15) is 0 Å². The molecule has 0 saturated heterocycles. The van der Waals surface area contributed by atoms with Crippen molar-refractivity contribution in [3.8, 4) is 0 Å². The molecule has 208 valence electrons. The topological polar surface area (TPSA) is 252 Å². The van der Waals surface area contributed by atoms with E-state index in [0.717, 1.165) is 48.5 Å². The molecule has 39 heavy (non-hydrogen) atoms. The molecule has 0 unspecified atom stereocenters. The molecule has 0 spiro atoms. The van der Waals surface area contributed by atoms with Crippen molar-refractivity contribution in [1.29, 1.82) is 0 Å². The molecule has 0 aromatic heterocycles. The molecule has 0 aliphatic carbocycles. The monoisotopic (exact) mass is 638 g/mol. The van der Waals surface area contributed by atoms with Crippen molar-refractivity contribution in [2.24, 2.45) is 0 Å². The van der Waals surface area contributed by atoms with Gasteiger partial charge in [0, 0.05) is 10.8 Å². The summed E-state index contributed by atoms with van der Waals surface area (Å²) in [6.07, 6.45) is 0. The molecule has 0 aliphatic heterocycles. The summed E-state index contributed by atoms with van der Waals surface area (Å²) in [4.78, 5) is -5.26. The molecule has 0 fully saturated rings. The van der Waals surface area contributed by atoms with Crippen LogP contribution in [-0.2, 0) is 50.3 Å². The number of sulfone groups is 1. The van der Waals surface area contributed by atoms with E-state index in [1.54, 1.807) is 0 Å². The molecule has 0 radical (unpaired) electrons. The molecule has 0 bridgehead atoms. The van der Waals surface area contributed by atoms with E-state index in [9.17, 15) is 60.3 Å². The van der Waals surface area contributed by atoms with Gasteiger partial charge in [-0.1, -0.05) is 12.1 Å². The van der Waals surface area contributed by atoms with E-state index in [4.69, 9.17) is 0 Å². The summed E-state index contributed by atoms with van der Waals surface area (Å²) in [7, 11) is -24.9. The van der Waals surface area contributed by atoms with Crippen LogP contribution in [0.25, 0.3) is 21.5 Å². The summed E-state index contributed by atoms with van der Waals surface area (Å²) in [5.41, 5.74) is 0. The molecule has 0 heterocycles. The summed E-state index contributed by atoms with van der Waals surface area (Å²) < 4.78 is 160. The summed E-state index contributed by atoms with van der Waals surface area (Å²) in [5, 5.41) is -1.42. The maximum atomic E-state index is 13.9. The molecular formula is C20H14O14S5. The second-order valence-corrected chi connectivity index (χ2v) is 15.6. The Morgan fingerprint density at radius 1 is 0.385 bits per heavy atom. The van der Waals surface area contributed by atoms with Crippen LogP contribution in [-0.4, -0.2) is 60.3 Å². The third-order valence-corrected chi connectivity index (χ3v) is 10.7. The van der Waals surface area contributed by atoms with Gasteiger partial charge in [0.25, 0.3) is 40.5 Å². The second kappa shape index (κ2) is 9.01. The van der Waals surface area contributed by atoms with E-state index >= 15 is 0 Å². The lowest BCUT2D eigenvalue weighted by molar-refractivity contribution is 0.480. The average molecular weight is 639 g/mol. The molecule has 0 amide bonds. The molecule has 4 N–H and O–H groups in total. The number of benzene rings is 4. The number of fused-ring (bicyclic) bond motifs is 2. The Morgan fingerprint density at radius 2 is 0.667 bits per heavy atom. The van der Waals surface area contributed by atoms with Crippen LogP contribution < -0.4 is 0 Å². The molecule has 14 nitrogen and oxygen atoms in total. The Hall–Kier alpha value is -3.01. The van der Waals surface area contributed by atoms with Gasteiger partial charge in [0.15, 0.2) is 0 Å². The third kappa shape index (κ3) is 5.53. The van der Waals surface area contributed by atoms with E-state index in [1.807, 2.05) is 0 Å². The zero-order valence-corrected chi connectivity index (χ0v) is 22.8. The van der Waals surface area contributed by atoms with Crippen LogP contribution in [0.15, 0.2) is 90.0 Å². The maximum absolute atomic E-state index is 13.9. The lowest BCUT2D eigenvalue weighted by Gasteiger charge is -2.14. The fraction of sp³-hybridized carbons (Fsp3) is 0. The van der Waals surface area contributed by atoms with Gasteiger partial charge in [-0.15, -0.1) is 0 Å². The summed E-state index contributed by atoms with van der Waals surface area (Å²) in [6.45, 7) is 0. The van der Waals surface area contributed by atoms with E-state index < -0.39 is 79.7 Å². The lowest BCUT2D eigenvalue weighted by Crippen LogP contribution is -2.09.